The second-order valence-corrected chi connectivity index (χ2v) is 25.8. The smallest absolute Gasteiger partial charge is 0.302 e. The van der Waals surface area contributed by atoms with E-state index in [1.54, 1.807) is 31.2 Å². The Labute approximate surface area is 525 Å². The summed E-state index contributed by atoms with van der Waals surface area (Å²) in [5, 5.41) is 52.2. The molecular weight excluding hydrogens is 1130 g/mol. The summed E-state index contributed by atoms with van der Waals surface area (Å²) in [6.45, 7) is 8.17. The largest absolute Gasteiger partial charge is 0.508 e. The maximum Gasteiger partial charge on any atom is 0.302 e. The van der Waals surface area contributed by atoms with Gasteiger partial charge in [0, 0.05) is 104 Å². The van der Waals surface area contributed by atoms with E-state index < -0.39 is 29.6 Å². The molecule has 4 aliphatic carbocycles. The standard InChI is InChI=1S/C76H78N4O10/c1-44-19-20-48-12-6-7-17-60(48)72(44)52-32-56(84)38-59(33-52)90-75-69(87)34-51(35-70(75)88-5)67-39-57(85)37-58(89-47(4)82)25-28-76-40-53-41-77-42-63(53)61(18-10-15-54(76)14-8-11-45(76)2)73(49-13-9-16-55(83)31-49)50-26-29-78-71(36-50)79(30-27-46(3)81)65-22-21-62-68(86)24-23-66-74(62)64(65)43-80(66)67/h6-9,11-14,16-17,21-22,26,31-36,38,41-45,58,61,67-68,72-73,77-78,83-84,86-87H,15,19-20,23-25,27-30,37,39-40H2,1-5H3/t44-,45-,58+,61+,67-,68-,72-,73+,76+/m0/s1. The SMILES string of the molecule is COc1cc([C@@H]2CC(=O)C[C@H](OC(C)=O)CC[C@]34Cc5c[nH]cc5[C@@H](C#CCC3=CC=C[C@@H]4C)[C@H](c3cccc(O)c3)C3=CCNC(=C3)N(CCC(C)=O)c3ccc4c5c(n2cc35)CC[C@@H]4O)cc(O)c1Oc1cc(O)cc([C@H]2c3ccccc3CC[C@@H]2C)c1. The van der Waals surface area contributed by atoms with Gasteiger partial charge in [-0.25, -0.2) is 0 Å². The maximum atomic E-state index is 15.5. The van der Waals surface area contributed by atoms with Gasteiger partial charge in [0.25, 0.3) is 0 Å². The zero-order chi connectivity index (χ0) is 62.5. The van der Waals surface area contributed by atoms with Gasteiger partial charge in [-0.2, -0.15) is 0 Å². The first-order chi connectivity index (χ1) is 43.5. The van der Waals surface area contributed by atoms with Crippen molar-refractivity contribution >= 4 is 34.0 Å². The maximum absolute atomic E-state index is 15.5. The highest BCUT2D eigenvalue weighted by Gasteiger charge is 2.43. The number of allylic oxidation sites excluding steroid dienone is 6. The molecule has 0 saturated carbocycles. The number of carbonyl (C=O) groups is 3. The summed E-state index contributed by atoms with van der Waals surface area (Å²) in [6, 6.07) is 27.6. The average molecular weight is 1210 g/mol. The molecule has 7 aromatic rings. The van der Waals surface area contributed by atoms with E-state index in [0.29, 0.717) is 62.9 Å². The van der Waals surface area contributed by atoms with Gasteiger partial charge in [0.05, 0.1) is 30.9 Å². The fraction of sp³-hybridized carbons (Fsp3) is 0.355. The number of methoxy groups -OCH3 is 1. The summed E-state index contributed by atoms with van der Waals surface area (Å²) in [5.74, 6) is 7.55. The fourth-order valence-corrected chi connectivity index (χ4v) is 15.8. The van der Waals surface area contributed by atoms with Crippen molar-refractivity contribution in [3.8, 4) is 46.3 Å². The normalized spacial score (nSPS) is 24.7. The summed E-state index contributed by atoms with van der Waals surface area (Å²) >= 11 is 0. The lowest BCUT2D eigenvalue weighted by Crippen LogP contribution is -2.36. The van der Waals surface area contributed by atoms with Crippen LogP contribution in [-0.4, -0.2) is 73.8 Å². The van der Waals surface area contributed by atoms with E-state index in [-0.39, 0.29) is 89.2 Å². The molecule has 14 heteroatoms. The number of phenols is 3. The van der Waals surface area contributed by atoms with Crippen molar-refractivity contribution in [1.29, 1.82) is 0 Å². The zero-order valence-corrected chi connectivity index (χ0v) is 51.7. The van der Waals surface area contributed by atoms with Gasteiger partial charge in [-0.3, -0.25) is 14.4 Å². The Morgan fingerprint density at radius 2 is 1.68 bits per heavy atom. The average Bonchev–Trinajstić information content (AvgIpc) is 1.58. The number of ether oxygens (including phenoxy) is 3. The molecule has 13 rings (SSSR count). The molecule has 4 heterocycles. The Bertz CT molecular complexity index is 4190. The number of ketones is 2. The first-order valence-electron chi connectivity index (χ1n) is 31.8. The number of aryl methyl sites for hydroxylation is 2. The van der Waals surface area contributed by atoms with E-state index in [1.165, 1.54) is 31.2 Å². The van der Waals surface area contributed by atoms with Crippen LogP contribution in [0.5, 0.6) is 34.5 Å². The van der Waals surface area contributed by atoms with Crippen LogP contribution in [0.15, 0.2) is 157 Å². The van der Waals surface area contributed by atoms with Crippen molar-refractivity contribution in [2.24, 2.45) is 17.3 Å². The van der Waals surface area contributed by atoms with Crippen LogP contribution in [-0.2, 0) is 38.4 Å². The number of aliphatic hydroxyl groups excluding tert-OH is 1. The number of nitrogens with one attached hydrogen (secondary N) is 2. The molecule has 0 fully saturated rings. The Morgan fingerprint density at radius 1 is 0.833 bits per heavy atom. The number of rotatable bonds is 10. The highest BCUT2D eigenvalue weighted by molar-refractivity contribution is 6.00. The molecular formula is C76H78N4O10. The number of nitrogens with zero attached hydrogens (tertiary/aromatic N) is 2. The minimum atomic E-state index is -0.794. The van der Waals surface area contributed by atoms with Crippen molar-refractivity contribution in [3.63, 3.8) is 0 Å². The molecule has 0 unspecified atom stereocenters. The van der Waals surface area contributed by atoms with Crippen LogP contribution in [0.3, 0.4) is 0 Å². The third kappa shape index (κ3) is 11.4. The molecule has 2 aromatic heterocycles. The lowest BCUT2D eigenvalue weighted by molar-refractivity contribution is -0.148. The van der Waals surface area contributed by atoms with Gasteiger partial charge in [0.15, 0.2) is 11.5 Å². The van der Waals surface area contributed by atoms with E-state index in [4.69, 9.17) is 14.2 Å². The number of Topliss-reactive ketones (excluding diaryl/α,β-unsaturated/α-hetero) is 2. The molecule has 9 atom stereocenters. The van der Waals surface area contributed by atoms with Gasteiger partial charge < -0.3 is 54.4 Å². The number of dihydropyridines is 1. The number of esters is 1. The van der Waals surface area contributed by atoms with Gasteiger partial charge in [-0.05, 0) is 162 Å². The Balaban J connectivity index is 0.985. The second kappa shape index (κ2) is 24.6. The van der Waals surface area contributed by atoms with Crippen molar-refractivity contribution < 1.29 is 49.0 Å². The van der Waals surface area contributed by atoms with Gasteiger partial charge in [-0.1, -0.05) is 98.0 Å². The molecule has 2 aliphatic heterocycles. The zero-order valence-electron chi connectivity index (χ0n) is 51.7. The van der Waals surface area contributed by atoms with Crippen molar-refractivity contribution in [2.45, 2.75) is 134 Å². The van der Waals surface area contributed by atoms with Crippen LogP contribution >= 0.6 is 0 Å². The van der Waals surface area contributed by atoms with Crippen LogP contribution in [0.25, 0.3) is 10.8 Å². The lowest BCUT2D eigenvalue weighted by atomic mass is 9.61. The Hall–Kier alpha value is -9.19. The number of benzene rings is 5. The second-order valence-electron chi connectivity index (χ2n) is 25.8. The number of aliphatic hydroxyl groups is 1. The first kappa shape index (κ1) is 59.8. The number of fused-ring (bicyclic) bond motifs is 4. The number of hydrogen-bond donors (Lipinski definition) is 6. The molecule has 6 N–H and O–H groups in total. The molecule has 14 nitrogen and oxygen atoms in total. The first-order valence-corrected chi connectivity index (χ1v) is 31.8. The van der Waals surface area contributed by atoms with Crippen LogP contribution in [0.2, 0.25) is 0 Å². The lowest BCUT2D eigenvalue weighted by Gasteiger charge is -2.43. The Morgan fingerprint density at radius 3 is 2.50 bits per heavy atom. The monoisotopic (exact) mass is 1210 g/mol. The predicted molar refractivity (Wildman–Crippen MR) is 347 cm³/mol. The van der Waals surface area contributed by atoms with Gasteiger partial charge in [0.1, 0.15) is 40.7 Å². The third-order valence-corrected chi connectivity index (χ3v) is 20.1. The van der Waals surface area contributed by atoms with E-state index in [9.17, 15) is 30.0 Å². The predicted octanol–water partition coefficient (Wildman–Crippen LogP) is 14.0. The molecule has 6 bridgehead atoms. The van der Waals surface area contributed by atoms with Gasteiger partial charge >= 0.3 is 5.97 Å². The number of aromatic nitrogens is 2. The third-order valence-electron chi connectivity index (χ3n) is 20.1. The topological polar surface area (TPSA) is 196 Å². The molecule has 6 aliphatic rings. The summed E-state index contributed by atoms with van der Waals surface area (Å²) in [4.78, 5) is 47.6. The van der Waals surface area contributed by atoms with E-state index in [0.717, 1.165) is 79.8 Å². The van der Waals surface area contributed by atoms with Gasteiger partial charge in [0.2, 0.25) is 5.75 Å². The number of aromatic hydroxyl groups is 3. The van der Waals surface area contributed by atoms with Crippen LogP contribution in [0.1, 0.15) is 159 Å². The molecule has 1 spiro atoms. The van der Waals surface area contributed by atoms with Crippen molar-refractivity contribution in [3.05, 3.63) is 207 Å². The molecule has 5 aromatic carbocycles. The minimum Gasteiger partial charge on any atom is -0.508 e. The molecule has 0 saturated heterocycles. The quantitative estimate of drug-likeness (QED) is 0.0561. The summed E-state index contributed by atoms with van der Waals surface area (Å²) in [5.41, 5.74) is 10.9. The number of anilines is 1. The summed E-state index contributed by atoms with van der Waals surface area (Å²) < 4.78 is 21.0. The Kier molecular flexibility index (Phi) is 16.4. The van der Waals surface area contributed by atoms with Crippen LogP contribution < -0.4 is 19.7 Å². The van der Waals surface area contributed by atoms with Crippen LogP contribution in [0.4, 0.5) is 5.69 Å². The fourth-order valence-electron chi connectivity index (χ4n) is 15.8. The van der Waals surface area contributed by atoms with E-state index in [1.807, 2.05) is 48.7 Å². The number of carbonyl (C=O) groups excluding carboxylic acids is 3. The molecule has 462 valence electrons. The molecule has 0 radical (unpaired) electrons. The highest BCUT2D eigenvalue weighted by Crippen LogP contribution is 2.53. The van der Waals surface area contributed by atoms with Crippen molar-refractivity contribution in [1.82, 2.24) is 14.9 Å². The molecule has 90 heavy (non-hydrogen) atoms. The van der Waals surface area contributed by atoms with E-state index in [2.05, 4.69) is 106 Å². The van der Waals surface area contributed by atoms with E-state index >= 15 is 4.79 Å². The van der Waals surface area contributed by atoms with Gasteiger partial charge in [-0.15, -0.1) is 0 Å². The van der Waals surface area contributed by atoms with Crippen molar-refractivity contribution in [2.75, 3.05) is 25.1 Å². The minimum absolute atomic E-state index is 0.000192. The number of hydrogen-bond acceptors (Lipinski definition) is 12. The highest BCUT2D eigenvalue weighted by atomic mass is 16.5. The van der Waals surface area contributed by atoms with Crippen LogP contribution in [0, 0.1) is 29.1 Å². The number of phenolic OH excluding ortho intramolecular Hbond substituents is 3. The summed E-state index contributed by atoms with van der Waals surface area (Å²) in [7, 11) is 1.50. The number of H-pyrrole nitrogens is 1. The number of aromatic amines is 1. The molecule has 0 amide bonds. The summed E-state index contributed by atoms with van der Waals surface area (Å²) in [6.07, 6.45) is 20.3.